The molecular formula is C20H29NO4. The van der Waals surface area contributed by atoms with Crippen molar-refractivity contribution in [2.24, 2.45) is 5.92 Å². The van der Waals surface area contributed by atoms with Gasteiger partial charge in [-0.25, -0.2) is 4.79 Å². The Hall–Kier alpha value is -2.04. The molecule has 2 rings (SSSR count). The lowest BCUT2D eigenvalue weighted by molar-refractivity contribution is -0.156. The summed E-state index contributed by atoms with van der Waals surface area (Å²) >= 11 is 0. The summed E-state index contributed by atoms with van der Waals surface area (Å²) in [4.78, 5) is 23.9. The lowest BCUT2D eigenvalue weighted by Gasteiger charge is -2.20. The van der Waals surface area contributed by atoms with E-state index in [1.807, 2.05) is 65.8 Å². The highest BCUT2D eigenvalue weighted by Crippen LogP contribution is 2.48. The van der Waals surface area contributed by atoms with Crippen LogP contribution < -0.4 is 5.32 Å². The van der Waals surface area contributed by atoms with Crippen molar-refractivity contribution in [1.82, 2.24) is 5.32 Å². The number of ether oxygens (including phenoxy) is 2. The van der Waals surface area contributed by atoms with E-state index in [1.165, 1.54) is 0 Å². The van der Waals surface area contributed by atoms with Gasteiger partial charge in [0, 0.05) is 6.54 Å². The third-order valence-corrected chi connectivity index (χ3v) is 3.71. The van der Waals surface area contributed by atoms with Crippen molar-refractivity contribution < 1.29 is 19.1 Å². The van der Waals surface area contributed by atoms with Gasteiger partial charge < -0.3 is 14.8 Å². The van der Waals surface area contributed by atoms with Gasteiger partial charge in [-0.1, -0.05) is 24.3 Å². The number of benzene rings is 1. The third-order valence-electron chi connectivity index (χ3n) is 3.71. The predicted molar refractivity (Wildman–Crippen MR) is 96.2 cm³/mol. The summed E-state index contributed by atoms with van der Waals surface area (Å²) < 4.78 is 10.7. The zero-order chi connectivity index (χ0) is 18.8. The molecule has 0 aliphatic heterocycles. The number of esters is 1. The van der Waals surface area contributed by atoms with E-state index in [0.717, 1.165) is 17.5 Å². The molecular weight excluding hydrogens is 318 g/mol. The first kappa shape index (κ1) is 19.3. The molecule has 0 unspecified atom stereocenters. The van der Waals surface area contributed by atoms with Crippen LogP contribution in [0, 0.1) is 5.92 Å². The molecule has 25 heavy (non-hydrogen) atoms. The van der Waals surface area contributed by atoms with Crippen LogP contribution in [0.4, 0.5) is 4.79 Å². The van der Waals surface area contributed by atoms with Crippen molar-refractivity contribution in [2.45, 2.75) is 71.6 Å². The minimum atomic E-state index is -0.513. The van der Waals surface area contributed by atoms with E-state index < -0.39 is 17.3 Å². The van der Waals surface area contributed by atoms with Crippen molar-refractivity contribution in [2.75, 3.05) is 0 Å². The van der Waals surface area contributed by atoms with Gasteiger partial charge in [0.05, 0.1) is 5.92 Å². The second kappa shape index (κ2) is 7.06. The number of amides is 1. The van der Waals surface area contributed by atoms with E-state index in [0.29, 0.717) is 6.54 Å². The second-order valence-corrected chi connectivity index (χ2v) is 8.58. The monoisotopic (exact) mass is 347 g/mol. The number of hydrogen-bond acceptors (Lipinski definition) is 4. The van der Waals surface area contributed by atoms with Gasteiger partial charge in [0.2, 0.25) is 0 Å². The Balaban J connectivity index is 1.90. The SMILES string of the molecule is CC(C)(C)OC(=O)NCc1cccc([C@@H]2C[C@H]2C(=O)OC(C)(C)C)c1. The average Bonchev–Trinajstić information content (AvgIpc) is 3.22. The van der Waals surface area contributed by atoms with Crippen molar-refractivity contribution in [1.29, 1.82) is 0 Å². The third kappa shape index (κ3) is 6.40. The second-order valence-electron chi connectivity index (χ2n) is 8.58. The highest BCUT2D eigenvalue weighted by atomic mass is 16.6. The van der Waals surface area contributed by atoms with Gasteiger partial charge in [-0.15, -0.1) is 0 Å². The Morgan fingerprint density at radius 2 is 1.72 bits per heavy atom. The van der Waals surface area contributed by atoms with E-state index in [9.17, 15) is 9.59 Å². The first-order valence-electron chi connectivity index (χ1n) is 8.73. The predicted octanol–water partition coefficient (Wildman–Crippen LogP) is 4.16. The van der Waals surface area contributed by atoms with Crippen LogP contribution in [-0.4, -0.2) is 23.3 Å². The molecule has 2 atom stereocenters. The van der Waals surface area contributed by atoms with Gasteiger partial charge in [-0.2, -0.15) is 0 Å². The van der Waals surface area contributed by atoms with Crippen LogP contribution in [0.1, 0.15) is 65.0 Å². The molecule has 0 saturated heterocycles. The standard InChI is InChI=1S/C20H29NO4/c1-19(2,3)24-17(22)16-11-15(16)14-9-7-8-13(10-14)12-21-18(23)25-20(4,5)6/h7-10,15-16H,11-12H2,1-6H3,(H,21,23)/t15-,16+/m0/s1. The molecule has 1 aliphatic rings. The highest BCUT2D eigenvalue weighted by Gasteiger charge is 2.46. The fourth-order valence-electron chi connectivity index (χ4n) is 2.62. The van der Waals surface area contributed by atoms with Crippen molar-refractivity contribution >= 4 is 12.1 Å². The van der Waals surface area contributed by atoms with E-state index in [-0.39, 0.29) is 17.8 Å². The first-order chi connectivity index (χ1) is 11.4. The smallest absolute Gasteiger partial charge is 0.407 e. The molecule has 0 radical (unpaired) electrons. The normalized spacial score (nSPS) is 19.9. The molecule has 1 aromatic carbocycles. The molecule has 1 aromatic rings. The quantitative estimate of drug-likeness (QED) is 0.831. The fourth-order valence-corrected chi connectivity index (χ4v) is 2.62. The van der Waals surface area contributed by atoms with Crippen LogP contribution in [0.5, 0.6) is 0 Å². The molecule has 0 heterocycles. The summed E-state index contributed by atoms with van der Waals surface area (Å²) in [5, 5.41) is 2.75. The lowest BCUT2D eigenvalue weighted by atomic mass is 10.1. The Morgan fingerprint density at radius 3 is 2.32 bits per heavy atom. The lowest BCUT2D eigenvalue weighted by Crippen LogP contribution is -2.32. The average molecular weight is 347 g/mol. The number of hydrogen-bond donors (Lipinski definition) is 1. The molecule has 0 bridgehead atoms. The molecule has 1 N–H and O–H groups in total. The Morgan fingerprint density at radius 1 is 1.08 bits per heavy atom. The maximum absolute atomic E-state index is 12.1. The summed E-state index contributed by atoms with van der Waals surface area (Å²) in [5.41, 5.74) is 1.13. The molecule has 138 valence electrons. The van der Waals surface area contributed by atoms with Crippen LogP contribution in [0.25, 0.3) is 0 Å². The van der Waals surface area contributed by atoms with Gasteiger partial charge in [0.1, 0.15) is 11.2 Å². The molecule has 5 nitrogen and oxygen atoms in total. The van der Waals surface area contributed by atoms with E-state index in [2.05, 4.69) is 5.32 Å². The van der Waals surface area contributed by atoms with Gasteiger partial charge in [-0.3, -0.25) is 4.79 Å². The molecule has 5 heteroatoms. The maximum atomic E-state index is 12.1. The fraction of sp³-hybridized carbons (Fsp3) is 0.600. The summed E-state index contributed by atoms with van der Waals surface area (Å²) in [5.74, 6) is 0.0133. The molecule has 1 fully saturated rings. The molecule has 1 aliphatic carbocycles. The van der Waals surface area contributed by atoms with Gasteiger partial charge in [-0.05, 0) is 65.0 Å². The number of rotatable bonds is 4. The zero-order valence-corrected chi connectivity index (χ0v) is 16.0. The number of nitrogens with one attached hydrogen (secondary N) is 1. The largest absolute Gasteiger partial charge is 0.460 e. The van der Waals surface area contributed by atoms with Crippen LogP contribution in [0.2, 0.25) is 0 Å². The minimum absolute atomic E-state index is 0.0618. The summed E-state index contributed by atoms with van der Waals surface area (Å²) in [6.45, 7) is 11.5. The van der Waals surface area contributed by atoms with Gasteiger partial charge in [0.25, 0.3) is 0 Å². The van der Waals surface area contributed by atoms with Crippen molar-refractivity contribution in [3.8, 4) is 0 Å². The van der Waals surface area contributed by atoms with Gasteiger partial charge >= 0.3 is 12.1 Å². The first-order valence-corrected chi connectivity index (χ1v) is 8.73. The van der Waals surface area contributed by atoms with E-state index in [1.54, 1.807) is 0 Å². The Kier molecular flexibility index (Phi) is 5.45. The van der Waals surface area contributed by atoms with Gasteiger partial charge in [0.15, 0.2) is 0 Å². The maximum Gasteiger partial charge on any atom is 0.407 e. The van der Waals surface area contributed by atoms with Crippen LogP contribution in [-0.2, 0) is 20.8 Å². The Labute approximate surface area is 150 Å². The number of alkyl carbamates (subject to hydrolysis) is 1. The molecule has 1 amide bonds. The van der Waals surface area contributed by atoms with Crippen molar-refractivity contribution in [3.05, 3.63) is 35.4 Å². The summed E-state index contributed by atoms with van der Waals surface area (Å²) in [6, 6.07) is 7.95. The van der Waals surface area contributed by atoms with Crippen LogP contribution >= 0.6 is 0 Å². The zero-order valence-electron chi connectivity index (χ0n) is 16.0. The van der Waals surface area contributed by atoms with Crippen LogP contribution in [0.3, 0.4) is 0 Å². The van der Waals surface area contributed by atoms with E-state index in [4.69, 9.17) is 9.47 Å². The van der Waals surface area contributed by atoms with Crippen LogP contribution in [0.15, 0.2) is 24.3 Å². The Bertz CT molecular complexity index is 640. The minimum Gasteiger partial charge on any atom is -0.460 e. The van der Waals surface area contributed by atoms with Crippen molar-refractivity contribution in [3.63, 3.8) is 0 Å². The summed E-state index contributed by atoms with van der Waals surface area (Å²) in [6.07, 6.45) is 0.383. The molecule has 0 spiro atoms. The number of carbonyl (C=O) groups is 2. The summed E-state index contributed by atoms with van der Waals surface area (Å²) in [7, 11) is 0. The molecule has 0 aromatic heterocycles. The highest BCUT2D eigenvalue weighted by molar-refractivity contribution is 5.77. The molecule has 1 saturated carbocycles. The topological polar surface area (TPSA) is 64.6 Å². The number of carbonyl (C=O) groups excluding carboxylic acids is 2. The van der Waals surface area contributed by atoms with E-state index >= 15 is 0 Å².